The SMILES string of the molecule is O=c1[nH]c(=O)c2cc(-c3ccc(C4=CC=CC5c6ccccc6OC45)cc3)ccc2[nH]1. The number of nitrogens with one attached hydrogen (secondary N) is 2. The van der Waals surface area contributed by atoms with Crippen LogP contribution in [0.15, 0.2) is 94.5 Å². The third kappa shape index (κ3) is 2.86. The van der Waals surface area contributed by atoms with Crippen LogP contribution in [0.1, 0.15) is 17.0 Å². The zero-order valence-corrected chi connectivity index (χ0v) is 16.5. The molecule has 2 N–H and O–H groups in total. The van der Waals surface area contributed by atoms with Crippen LogP contribution in [0.2, 0.25) is 0 Å². The molecule has 31 heavy (non-hydrogen) atoms. The van der Waals surface area contributed by atoms with E-state index < -0.39 is 5.69 Å². The molecule has 150 valence electrons. The number of hydrogen-bond donors (Lipinski definition) is 2. The number of allylic oxidation sites excluding steroid dienone is 2. The second-order valence-electron chi connectivity index (χ2n) is 7.85. The van der Waals surface area contributed by atoms with Gasteiger partial charge in [0, 0.05) is 17.1 Å². The normalized spacial score (nSPS) is 18.9. The fourth-order valence-electron chi connectivity index (χ4n) is 4.53. The van der Waals surface area contributed by atoms with Gasteiger partial charge in [0.25, 0.3) is 5.56 Å². The van der Waals surface area contributed by atoms with Crippen LogP contribution in [0.25, 0.3) is 27.6 Å². The van der Waals surface area contributed by atoms with E-state index in [9.17, 15) is 9.59 Å². The number of para-hydroxylation sites is 1. The highest BCUT2D eigenvalue weighted by atomic mass is 16.5. The third-order valence-electron chi connectivity index (χ3n) is 6.05. The van der Waals surface area contributed by atoms with Gasteiger partial charge < -0.3 is 9.72 Å². The number of fused-ring (bicyclic) bond motifs is 4. The van der Waals surface area contributed by atoms with E-state index >= 15 is 0 Å². The second-order valence-corrected chi connectivity index (χ2v) is 7.85. The summed E-state index contributed by atoms with van der Waals surface area (Å²) in [5.41, 5.74) is 5.04. The molecule has 1 aliphatic carbocycles. The lowest BCUT2D eigenvalue weighted by Gasteiger charge is -2.23. The Kier molecular flexibility index (Phi) is 3.83. The minimum absolute atomic E-state index is 0.0238. The molecule has 5 heteroatoms. The fourth-order valence-corrected chi connectivity index (χ4v) is 4.53. The van der Waals surface area contributed by atoms with E-state index in [2.05, 4.69) is 52.5 Å². The van der Waals surface area contributed by atoms with Gasteiger partial charge in [-0.15, -0.1) is 0 Å². The van der Waals surface area contributed by atoms with Crippen molar-refractivity contribution in [3.05, 3.63) is 117 Å². The largest absolute Gasteiger partial charge is 0.484 e. The lowest BCUT2D eigenvalue weighted by Crippen LogP contribution is -2.21. The molecule has 6 rings (SSSR count). The highest BCUT2D eigenvalue weighted by Gasteiger charge is 2.36. The van der Waals surface area contributed by atoms with Gasteiger partial charge in [-0.1, -0.05) is 66.8 Å². The van der Waals surface area contributed by atoms with Gasteiger partial charge >= 0.3 is 5.69 Å². The molecule has 3 aromatic carbocycles. The minimum Gasteiger partial charge on any atom is -0.484 e. The lowest BCUT2D eigenvalue weighted by atomic mass is 9.84. The van der Waals surface area contributed by atoms with Gasteiger partial charge in [0.1, 0.15) is 11.9 Å². The zero-order chi connectivity index (χ0) is 20.9. The molecule has 0 saturated heterocycles. The van der Waals surface area contributed by atoms with Gasteiger partial charge in [0.2, 0.25) is 0 Å². The molecular formula is C26H18N2O3. The molecule has 0 saturated carbocycles. The Morgan fingerprint density at radius 2 is 1.58 bits per heavy atom. The highest BCUT2D eigenvalue weighted by molar-refractivity contribution is 5.84. The number of hydrogen-bond acceptors (Lipinski definition) is 3. The van der Waals surface area contributed by atoms with E-state index in [1.165, 1.54) is 5.56 Å². The summed E-state index contributed by atoms with van der Waals surface area (Å²) in [4.78, 5) is 28.5. The van der Waals surface area contributed by atoms with E-state index in [-0.39, 0.29) is 17.6 Å². The molecule has 0 amide bonds. The summed E-state index contributed by atoms with van der Waals surface area (Å²) >= 11 is 0. The van der Waals surface area contributed by atoms with Crippen LogP contribution >= 0.6 is 0 Å². The van der Waals surface area contributed by atoms with Gasteiger partial charge in [0.15, 0.2) is 0 Å². The summed E-state index contributed by atoms with van der Waals surface area (Å²) < 4.78 is 6.28. The molecule has 0 radical (unpaired) electrons. The van der Waals surface area contributed by atoms with Crippen LogP contribution in [0.4, 0.5) is 0 Å². The standard InChI is InChI=1S/C26H18N2O3/c29-25-21-14-17(12-13-22(21)27-26(30)28-25)15-8-10-16(11-9-15)18-5-3-6-20-19-4-1-2-7-23(19)31-24(18)20/h1-14,20,24H,(H2,27,28,29,30). The molecule has 5 nitrogen and oxygen atoms in total. The van der Waals surface area contributed by atoms with E-state index in [1.54, 1.807) is 12.1 Å². The first kappa shape index (κ1) is 17.7. The van der Waals surface area contributed by atoms with E-state index in [4.69, 9.17) is 4.74 Å². The summed E-state index contributed by atoms with van der Waals surface area (Å²) in [6.45, 7) is 0. The number of benzene rings is 3. The predicted molar refractivity (Wildman–Crippen MR) is 121 cm³/mol. The van der Waals surface area contributed by atoms with E-state index in [0.29, 0.717) is 10.9 Å². The molecule has 2 atom stereocenters. The second kappa shape index (κ2) is 6.71. The molecule has 0 fully saturated rings. The van der Waals surface area contributed by atoms with Gasteiger partial charge in [-0.2, -0.15) is 0 Å². The summed E-state index contributed by atoms with van der Waals surface area (Å²) in [5.74, 6) is 1.18. The minimum atomic E-state index is -0.501. The van der Waals surface area contributed by atoms with Crippen LogP contribution in [0.5, 0.6) is 5.75 Å². The van der Waals surface area contributed by atoms with Crippen LogP contribution in [-0.2, 0) is 0 Å². The van der Waals surface area contributed by atoms with Gasteiger partial charge in [-0.05, 0) is 34.9 Å². The molecule has 0 spiro atoms. The van der Waals surface area contributed by atoms with E-state index in [0.717, 1.165) is 28.0 Å². The maximum absolute atomic E-state index is 12.1. The van der Waals surface area contributed by atoms with Crippen molar-refractivity contribution in [2.45, 2.75) is 12.0 Å². The van der Waals surface area contributed by atoms with Crippen LogP contribution in [0, 0.1) is 0 Å². The number of ether oxygens (including phenoxy) is 1. The van der Waals surface area contributed by atoms with E-state index in [1.807, 2.05) is 30.3 Å². The maximum Gasteiger partial charge on any atom is 0.326 e. The topological polar surface area (TPSA) is 74.9 Å². The first-order valence-electron chi connectivity index (χ1n) is 10.2. The molecule has 1 aliphatic heterocycles. The number of rotatable bonds is 2. The van der Waals surface area contributed by atoms with Crippen LogP contribution in [0.3, 0.4) is 0 Å². The van der Waals surface area contributed by atoms with Crippen molar-refractivity contribution < 1.29 is 4.74 Å². The molecular weight excluding hydrogens is 388 g/mol. The van der Waals surface area contributed by atoms with Crippen molar-refractivity contribution in [2.24, 2.45) is 0 Å². The Morgan fingerprint density at radius 3 is 2.45 bits per heavy atom. The molecule has 4 aromatic rings. The predicted octanol–water partition coefficient (Wildman–Crippen LogP) is 4.38. The third-order valence-corrected chi connectivity index (χ3v) is 6.05. The van der Waals surface area contributed by atoms with Crippen molar-refractivity contribution in [1.82, 2.24) is 9.97 Å². The molecule has 2 unspecified atom stereocenters. The summed E-state index contributed by atoms with van der Waals surface area (Å²) in [6, 6.07) is 21.9. The molecule has 1 aromatic heterocycles. The maximum atomic E-state index is 12.1. The average Bonchev–Trinajstić information content (AvgIpc) is 3.18. The number of aromatic amines is 2. The van der Waals surface area contributed by atoms with Crippen molar-refractivity contribution >= 4 is 16.5 Å². The Bertz CT molecular complexity index is 1510. The Morgan fingerprint density at radius 1 is 0.806 bits per heavy atom. The lowest BCUT2D eigenvalue weighted by molar-refractivity contribution is 0.278. The number of H-pyrrole nitrogens is 2. The monoisotopic (exact) mass is 406 g/mol. The Labute approximate surface area is 177 Å². The van der Waals surface area contributed by atoms with Crippen LogP contribution < -0.4 is 16.0 Å². The summed E-state index contributed by atoms with van der Waals surface area (Å²) in [6.07, 6.45) is 6.40. The van der Waals surface area contributed by atoms with Gasteiger partial charge in [-0.3, -0.25) is 9.78 Å². The molecule has 0 bridgehead atoms. The van der Waals surface area contributed by atoms with Crippen molar-refractivity contribution in [3.63, 3.8) is 0 Å². The molecule has 2 heterocycles. The van der Waals surface area contributed by atoms with Crippen molar-refractivity contribution in [2.75, 3.05) is 0 Å². The van der Waals surface area contributed by atoms with Crippen molar-refractivity contribution in [3.8, 4) is 16.9 Å². The number of aromatic nitrogens is 2. The first-order valence-corrected chi connectivity index (χ1v) is 10.2. The smallest absolute Gasteiger partial charge is 0.326 e. The molecule has 2 aliphatic rings. The summed E-state index contributed by atoms with van der Waals surface area (Å²) in [7, 11) is 0. The van der Waals surface area contributed by atoms with Gasteiger partial charge in [0.05, 0.1) is 10.9 Å². The first-order chi connectivity index (χ1) is 15.2. The quantitative estimate of drug-likeness (QED) is 0.519. The van der Waals surface area contributed by atoms with Gasteiger partial charge in [-0.25, -0.2) is 4.79 Å². The Balaban J connectivity index is 1.34. The summed E-state index contributed by atoms with van der Waals surface area (Å²) in [5, 5.41) is 0.460. The fraction of sp³-hybridized carbons (Fsp3) is 0.0769. The van der Waals surface area contributed by atoms with Crippen molar-refractivity contribution in [1.29, 1.82) is 0 Å². The highest BCUT2D eigenvalue weighted by Crippen LogP contribution is 2.45. The average molecular weight is 406 g/mol. The zero-order valence-electron chi connectivity index (χ0n) is 16.5. The van der Waals surface area contributed by atoms with Crippen LogP contribution in [-0.4, -0.2) is 16.1 Å². The Hall–Kier alpha value is -4.12.